The highest BCUT2D eigenvalue weighted by Gasteiger charge is 2.14. The first-order valence-electron chi connectivity index (χ1n) is 6.26. The number of benzene rings is 1. The van der Waals surface area contributed by atoms with Crippen molar-refractivity contribution in [3.05, 3.63) is 50.2 Å². The number of hydrogen-bond acceptors (Lipinski definition) is 2. The standard InChI is InChI=1S/C14H16Cl3N3/c1-8(10-7-19-20(3)9(10)2)18-6-11-12(15)4-5-13(16)14(11)17/h4-5,7-8,18H,6H2,1-3H3. The molecule has 2 aromatic rings. The predicted octanol–water partition coefficient (Wildman–Crippen LogP) is 4.54. The number of nitrogens with zero attached hydrogens (tertiary/aromatic N) is 2. The quantitative estimate of drug-likeness (QED) is 0.833. The Balaban J connectivity index is 2.13. The van der Waals surface area contributed by atoms with Crippen LogP contribution in [0.1, 0.15) is 29.8 Å². The van der Waals surface area contributed by atoms with E-state index in [2.05, 4.69) is 17.3 Å². The summed E-state index contributed by atoms with van der Waals surface area (Å²) in [6.45, 7) is 4.67. The fourth-order valence-electron chi connectivity index (χ4n) is 2.04. The molecule has 0 bridgehead atoms. The lowest BCUT2D eigenvalue weighted by Crippen LogP contribution is -2.19. The molecule has 3 nitrogen and oxygen atoms in total. The monoisotopic (exact) mass is 331 g/mol. The summed E-state index contributed by atoms with van der Waals surface area (Å²) in [4.78, 5) is 0. The van der Waals surface area contributed by atoms with Gasteiger partial charge in [0.05, 0.1) is 16.2 Å². The van der Waals surface area contributed by atoms with Gasteiger partial charge in [0.1, 0.15) is 0 Å². The molecule has 0 saturated carbocycles. The van der Waals surface area contributed by atoms with Crippen molar-refractivity contribution >= 4 is 34.8 Å². The van der Waals surface area contributed by atoms with Gasteiger partial charge in [0, 0.05) is 41.5 Å². The highest BCUT2D eigenvalue weighted by atomic mass is 35.5. The average molecular weight is 333 g/mol. The van der Waals surface area contributed by atoms with Crippen LogP contribution in [-0.4, -0.2) is 9.78 Å². The van der Waals surface area contributed by atoms with Crippen LogP contribution < -0.4 is 5.32 Å². The van der Waals surface area contributed by atoms with Crippen LogP contribution in [0.15, 0.2) is 18.3 Å². The molecule has 0 aliphatic heterocycles. The molecule has 0 fully saturated rings. The van der Waals surface area contributed by atoms with Gasteiger partial charge in [-0.2, -0.15) is 5.10 Å². The van der Waals surface area contributed by atoms with Crippen molar-refractivity contribution in [3.8, 4) is 0 Å². The van der Waals surface area contributed by atoms with Gasteiger partial charge >= 0.3 is 0 Å². The third-order valence-electron chi connectivity index (χ3n) is 3.46. The molecular weight excluding hydrogens is 317 g/mol. The molecule has 108 valence electrons. The molecule has 0 aliphatic rings. The first-order valence-corrected chi connectivity index (χ1v) is 7.39. The third-order valence-corrected chi connectivity index (χ3v) is 4.66. The van der Waals surface area contributed by atoms with Crippen LogP contribution in [0.25, 0.3) is 0 Å². The minimum absolute atomic E-state index is 0.148. The summed E-state index contributed by atoms with van der Waals surface area (Å²) in [5.41, 5.74) is 3.10. The lowest BCUT2D eigenvalue weighted by Gasteiger charge is -2.15. The summed E-state index contributed by atoms with van der Waals surface area (Å²) < 4.78 is 1.85. The molecule has 0 aliphatic carbocycles. The predicted molar refractivity (Wildman–Crippen MR) is 84.7 cm³/mol. The normalized spacial score (nSPS) is 12.7. The topological polar surface area (TPSA) is 29.9 Å². The zero-order chi connectivity index (χ0) is 14.9. The molecule has 1 N–H and O–H groups in total. The van der Waals surface area contributed by atoms with E-state index < -0.39 is 0 Å². The van der Waals surface area contributed by atoms with E-state index in [1.165, 1.54) is 0 Å². The Labute approximate surface area is 133 Å². The van der Waals surface area contributed by atoms with Crippen molar-refractivity contribution in [2.24, 2.45) is 7.05 Å². The van der Waals surface area contributed by atoms with E-state index in [9.17, 15) is 0 Å². The maximum Gasteiger partial charge on any atom is 0.0652 e. The molecular formula is C14H16Cl3N3. The number of aryl methyl sites for hydroxylation is 1. The highest BCUT2D eigenvalue weighted by molar-refractivity contribution is 6.44. The fourth-order valence-corrected chi connectivity index (χ4v) is 2.72. The zero-order valence-corrected chi connectivity index (χ0v) is 13.8. The van der Waals surface area contributed by atoms with Crippen LogP contribution in [0.2, 0.25) is 15.1 Å². The molecule has 0 radical (unpaired) electrons. The summed E-state index contributed by atoms with van der Waals surface area (Å²) in [7, 11) is 1.93. The number of aromatic nitrogens is 2. The molecule has 20 heavy (non-hydrogen) atoms. The summed E-state index contributed by atoms with van der Waals surface area (Å²) in [5, 5.41) is 9.27. The second-order valence-corrected chi connectivity index (χ2v) is 5.93. The number of halogens is 3. The van der Waals surface area contributed by atoms with Gasteiger partial charge in [-0.15, -0.1) is 0 Å². The Bertz CT molecular complexity index is 622. The second kappa shape index (κ2) is 6.35. The lowest BCUT2D eigenvalue weighted by atomic mass is 10.1. The minimum Gasteiger partial charge on any atom is -0.306 e. The number of nitrogens with one attached hydrogen (secondary N) is 1. The van der Waals surface area contributed by atoms with Crippen LogP contribution >= 0.6 is 34.8 Å². The molecule has 0 spiro atoms. The van der Waals surface area contributed by atoms with Gasteiger partial charge in [-0.25, -0.2) is 0 Å². The summed E-state index contributed by atoms with van der Waals surface area (Å²) in [6, 6.07) is 3.60. The van der Waals surface area contributed by atoms with Gasteiger partial charge in [0.2, 0.25) is 0 Å². The van der Waals surface area contributed by atoms with Crippen molar-refractivity contribution in [2.75, 3.05) is 0 Å². The smallest absolute Gasteiger partial charge is 0.0652 e. The van der Waals surface area contributed by atoms with Crippen LogP contribution in [0.5, 0.6) is 0 Å². The molecule has 6 heteroatoms. The molecule has 2 rings (SSSR count). The number of hydrogen-bond donors (Lipinski definition) is 1. The first-order chi connectivity index (χ1) is 9.41. The Morgan fingerprint density at radius 3 is 2.50 bits per heavy atom. The van der Waals surface area contributed by atoms with Crippen molar-refractivity contribution in [1.29, 1.82) is 0 Å². The largest absolute Gasteiger partial charge is 0.306 e. The van der Waals surface area contributed by atoms with Crippen LogP contribution in [0, 0.1) is 6.92 Å². The van der Waals surface area contributed by atoms with E-state index in [0.717, 1.165) is 16.8 Å². The molecule has 1 unspecified atom stereocenters. The SMILES string of the molecule is Cc1c(C(C)NCc2c(Cl)ccc(Cl)c2Cl)cnn1C. The maximum atomic E-state index is 6.19. The highest BCUT2D eigenvalue weighted by Crippen LogP contribution is 2.31. The average Bonchev–Trinajstić information content (AvgIpc) is 2.74. The van der Waals surface area contributed by atoms with E-state index in [1.807, 2.05) is 24.9 Å². The van der Waals surface area contributed by atoms with E-state index in [4.69, 9.17) is 34.8 Å². The van der Waals surface area contributed by atoms with Gasteiger partial charge < -0.3 is 5.32 Å². The second-order valence-electron chi connectivity index (χ2n) is 4.73. The fraction of sp³-hybridized carbons (Fsp3) is 0.357. The maximum absolute atomic E-state index is 6.19. The first kappa shape index (κ1) is 15.6. The van der Waals surface area contributed by atoms with Gasteiger partial charge in [0.15, 0.2) is 0 Å². The zero-order valence-electron chi connectivity index (χ0n) is 11.5. The Morgan fingerprint density at radius 2 is 1.90 bits per heavy atom. The van der Waals surface area contributed by atoms with Crippen molar-refractivity contribution in [3.63, 3.8) is 0 Å². The third kappa shape index (κ3) is 3.12. The minimum atomic E-state index is 0.148. The molecule has 1 aromatic carbocycles. The summed E-state index contributed by atoms with van der Waals surface area (Å²) in [5.74, 6) is 0. The van der Waals surface area contributed by atoms with E-state index >= 15 is 0 Å². The molecule has 1 aromatic heterocycles. The number of rotatable bonds is 4. The van der Waals surface area contributed by atoms with E-state index in [1.54, 1.807) is 12.1 Å². The molecule has 0 amide bonds. The van der Waals surface area contributed by atoms with Crippen molar-refractivity contribution < 1.29 is 0 Å². The van der Waals surface area contributed by atoms with Crippen molar-refractivity contribution in [1.82, 2.24) is 15.1 Å². The molecule has 0 saturated heterocycles. The Morgan fingerprint density at radius 1 is 1.25 bits per heavy atom. The van der Waals surface area contributed by atoms with E-state index in [0.29, 0.717) is 21.6 Å². The van der Waals surface area contributed by atoms with Gasteiger partial charge in [-0.1, -0.05) is 34.8 Å². The Hall–Kier alpha value is -0.740. The van der Waals surface area contributed by atoms with Crippen LogP contribution in [0.3, 0.4) is 0 Å². The van der Waals surface area contributed by atoms with Crippen LogP contribution in [-0.2, 0) is 13.6 Å². The van der Waals surface area contributed by atoms with Gasteiger partial charge in [-0.3, -0.25) is 4.68 Å². The van der Waals surface area contributed by atoms with Crippen molar-refractivity contribution in [2.45, 2.75) is 26.4 Å². The van der Waals surface area contributed by atoms with E-state index in [-0.39, 0.29) is 6.04 Å². The van der Waals surface area contributed by atoms with Gasteiger partial charge in [0.25, 0.3) is 0 Å². The molecule has 1 atom stereocenters. The van der Waals surface area contributed by atoms with Gasteiger partial charge in [-0.05, 0) is 26.0 Å². The Kier molecular flexibility index (Phi) is 4.97. The summed E-state index contributed by atoms with van der Waals surface area (Å²) >= 11 is 18.4. The molecule has 1 heterocycles. The van der Waals surface area contributed by atoms with Crippen LogP contribution in [0.4, 0.5) is 0 Å². The lowest BCUT2D eigenvalue weighted by molar-refractivity contribution is 0.570. The summed E-state index contributed by atoms with van der Waals surface area (Å²) in [6.07, 6.45) is 1.87.